The molecule has 2 atom stereocenters. The molecule has 0 aliphatic heterocycles. The molecule has 0 saturated heterocycles. The fraction of sp³-hybridized carbons (Fsp3) is 0.143. The van der Waals surface area contributed by atoms with Crippen molar-refractivity contribution in [1.82, 2.24) is 5.48 Å². The van der Waals surface area contributed by atoms with E-state index < -0.39 is 5.40 Å². The summed E-state index contributed by atoms with van der Waals surface area (Å²) in [6.07, 6.45) is 0. The molecule has 0 amide bonds. The summed E-state index contributed by atoms with van der Waals surface area (Å²) >= 11 is 0. The zero-order chi connectivity index (χ0) is 8.32. The summed E-state index contributed by atoms with van der Waals surface area (Å²) in [5, 5.41) is 9.30. The van der Waals surface area contributed by atoms with Gasteiger partial charge in [-0.15, -0.1) is 0 Å². The van der Waals surface area contributed by atoms with E-state index in [0.717, 1.165) is 5.56 Å². The van der Waals surface area contributed by atoms with Gasteiger partial charge in [-0.1, -0.05) is 39.6 Å². The van der Waals surface area contributed by atoms with Gasteiger partial charge >= 0.3 is 0 Å². The van der Waals surface area contributed by atoms with Crippen LogP contribution in [0.4, 0.5) is 0 Å². The van der Waals surface area contributed by atoms with Gasteiger partial charge in [0.25, 0.3) is 0 Å². The molecule has 1 rings (SSSR count). The van der Waals surface area contributed by atoms with Crippen LogP contribution in [0.1, 0.15) is 5.56 Å². The Labute approximate surface area is 67.8 Å². The number of benzene rings is 1. The predicted molar refractivity (Wildman–Crippen MR) is 48.5 cm³/mol. The average Bonchev–Trinajstić information content (AvgIpc) is 2.06. The van der Waals surface area contributed by atoms with Gasteiger partial charge in [-0.05, 0) is 5.56 Å². The first-order valence-corrected chi connectivity index (χ1v) is 3.77. The van der Waals surface area contributed by atoms with Crippen molar-refractivity contribution in [3.05, 3.63) is 41.1 Å². The van der Waals surface area contributed by atoms with Crippen molar-refractivity contribution in [2.75, 3.05) is 0 Å². The van der Waals surface area contributed by atoms with Crippen molar-refractivity contribution in [3.8, 4) is 0 Å². The van der Waals surface area contributed by atoms with E-state index in [1.165, 1.54) is 0 Å². The fourth-order valence-electron chi connectivity index (χ4n) is 0.773. The monoisotopic (exact) mass is 169 g/mol. The van der Waals surface area contributed by atoms with E-state index in [1.54, 1.807) is 17.6 Å². The van der Waals surface area contributed by atoms with Crippen molar-refractivity contribution in [3.63, 3.8) is 0 Å². The first-order chi connectivity index (χ1) is 5.17. The Hall–Kier alpha value is -0.470. The van der Waals surface area contributed by atoms with E-state index in [2.05, 4.69) is 9.24 Å². The third-order valence-electron chi connectivity index (χ3n) is 1.42. The van der Waals surface area contributed by atoms with Crippen LogP contribution in [0.15, 0.2) is 30.3 Å². The number of rotatable bonds is 2. The molecule has 3 nitrogen and oxygen atoms in total. The lowest BCUT2D eigenvalue weighted by Gasteiger charge is -2.30. The quantitative estimate of drug-likeness (QED) is 0.389. The van der Waals surface area contributed by atoms with Crippen LogP contribution in [-0.2, 0) is 5.40 Å². The normalized spacial score (nSPS) is 15.9. The molecule has 0 bridgehead atoms. The lowest BCUT2D eigenvalue weighted by Crippen LogP contribution is -2.41. The third kappa shape index (κ3) is 1.98. The second kappa shape index (κ2) is 3.28. The molecule has 0 radical (unpaired) electrons. The molecule has 4 heteroatoms. The van der Waals surface area contributed by atoms with E-state index in [0.29, 0.717) is 0 Å². The molecule has 11 heavy (non-hydrogen) atoms. The van der Waals surface area contributed by atoms with E-state index in [4.69, 9.17) is 5.73 Å². The first-order valence-electron chi connectivity index (χ1n) is 3.19. The Morgan fingerprint density at radius 3 is 2.36 bits per heavy atom. The highest BCUT2D eigenvalue weighted by molar-refractivity contribution is 7.18. The average molecular weight is 169 g/mol. The Morgan fingerprint density at radius 2 is 1.91 bits per heavy atom. The zero-order valence-electron chi connectivity index (χ0n) is 5.95. The van der Waals surface area contributed by atoms with Gasteiger partial charge in [0, 0.05) is 0 Å². The topological polar surface area (TPSA) is 61.1 Å². The van der Waals surface area contributed by atoms with Gasteiger partial charge in [-0.3, -0.25) is 0 Å². The Balaban J connectivity index is 2.93. The molecule has 0 heterocycles. The molecule has 60 valence electrons. The van der Waals surface area contributed by atoms with Crippen LogP contribution in [0.5, 0.6) is 0 Å². The van der Waals surface area contributed by atoms with Gasteiger partial charge in [0.2, 0.25) is 0 Å². The standard InChI is InChI=1S/C7H10N2OP/c8-7(11,9-10)6-4-2-1-3-5-6/h1-5,9H,8,11H2/q-1. The number of hydroxylamine groups is 1. The van der Waals surface area contributed by atoms with Crippen LogP contribution >= 0.6 is 9.24 Å². The fourth-order valence-corrected chi connectivity index (χ4v) is 0.965. The van der Waals surface area contributed by atoms with Crippen molar-refractivity contribution < 1.29 is 0 Å². The van der Waals surface area contributed by atoms with Crippen molar-refractivity contribution in [1.29, 1.82) is 0 Å². The maximum Gasteiger partial charge on any atom is 0.0948 e. The predicted octanol–water partition coefficient (Wildman–Crippen LogP) is 0.718. The highest BCUT2D eigenvalue weighted by atomic mass is 31.0. The number of hydrogen-bond donors (Lipinski definition) is 2. The first kappa shape index (κ1) is 8.62. The zero-order valence-corrected chi connectivity index (χ0v) is 7.10. The van der Waals surface area contributed by atoms with Gasteiger partial charge in [-0.25, -0.2) is 0 Å². The summed E-state index contributed by atoms with van der Waals surface area (Å²) < 4.78 is 0. The van der Waals surface area contributed by atoms with Crippen LogP contribution in [-0.4, -0.2) is 0 Å². The van der Waals surface area contributed by atoms with Crippen molar-refractivity contribution in [2.45, 2.75) is 5.40 Å². The highest BCUT2D eigenvalue weighted by Crippen LogP contribution is 2.20. The van der Waals surface area contributed by atoms with E-state index in [-0.39, 0.29) is 0 Å². The second-order valence-electron chi connectivity index (χ2n) is 2.34. The summed E-state index contributed by atoms with van der Waals surface area (Å²) in [6, 6.07) is 9.11. The Kier molecular flexibility index (Phi) is 2.58. The van der Waals surface area contributed by atoms with Crippen LogP contribution in [0.3, 0.4) is 0 Å². The Bertz CT molecular complexity index is 225. The molecule has 3 N–H and O–H groups in total. The molecule has 0 aromatic heterocycles. The van der Waals surface area contributed by atoms with E-state index >= 15 is 0 Å². The lowest BCUT2D eigenvalue weighted by atomic mass is 10.2. The maximum atomic E-state index is 10.4. The molecular weight excluding hydrogens is 159 g/mol. The summed E-state index contributed by atoms with van der Waals surface area (Å²) in [6.45, 7) is 0. The molecule has 0 saturated carbocycles. The van der Waals surface area contributed by atoms with Crippen LogP contribution in [0.25, 0.3) is 0 Å². The smallest absolute Gasteiger partial charge is 0.0948 e. The molecule has 0 aliphatic rings. The number of hydrogen-bond acceptors (Lipinski definition) is 3. The van der Waals surface area contributed by atoms with Gasteiger partial charge in [0.05, 0.1) is 5.40 Å². The Morgan fingerprint density at radius 1 is 1.36 bits per heavy atom. The minimum absolute atomic E-state index is 0.750. The molecule has 0 aliphatic carbocycles. The summed E-state index contributed by atoms with van der Waals surface area (Å²) in [5.41, 5.74) is 8.08. The molecule has 0 spiro atoms. The van der Waals surface area contributed by atoms with Crippen LogP contribution in [0.2, 0.25) is 0 Å². The summed E-state index contributed by atoms with van der Waals surface area (Å²) in [4.78, 5) is 0. The van der Waals surface area contributed by atoms with Crippen LogP contribution in [0, 0.1) is 5.21 Å². The minimum Gasteiger partial charge on any atom is -0.786 e. The molecule has 1 aromatic carbocycles. The molecular formula is C7H10N2OP-. The van der Waals surface area contributed by atoms with Gasteiger partial charge in [-0.2, -0.15) is 0 Å². The lowest BCUT2D eigenvalue weighted by molar-refractivity contribution is 0.588. The third-order valence-corrected chi connectivity index (χ3v) is 1.87. The summed E-state index contributed by atoms with van der Waals surface area (Å²) in [5.74, 6) is 0. The van der Waals surface area contributed by atoms with E-state index in [1.807, 2.05) is 18.2 Å². The largest absolute Gasteiger partial charge is 0.786 e. The highest BCUT2D eigenvalue weighted by Gasteiger charge is 2.14. The minimum atomic E-state index is -1.05. The maximum absolute atomic E-state index is 10.4. The molecule has 1 aromatic rings. The second-order valence-corrected chi connectivity index (χ2v) is 3.25. The van der Waals surface area contributed by atoms with E-state index in [9.17, 15) is 5.21 Å². The van der Waals surface area contributed by atoms with Gasteiger partial charge in [0.15, 0.2) is 0 Å². The number of nitrogens with one attached hydrogen (secondary N) is 1. The van der Waals surface area contributed by atoms with Crippen molar-refractivity contribution in [2.24, 2.45) is 5.73 Å². The molecule has 2 unspecified atom stereocenters. The molecule has 0 fully saturated rings. The van der Waals surface area contributed by atoms with Crippen LogP contribution < -0.4 is 11.2 Å². The number of nitrogens with two attached hydrogens (primary N) is 1. The van der Waals surface area contributed by atoms with Crippen molar-refractivity contribution >= 4 is 9.24 Å². The van der Waals surface area contributed by atoms with Gasteiger partial charge < -0.3 is 16.4 Å². The van der Waals surface area contributed by atoms with Gasteiger partial charge in [0.1, 0.15) is 0 Å². The summed E-state index contributed by atoms with van der Waals surface area (Å²) in [7, 11) is 2.26. The SMILES string of the molecule is NC(P)(N[O-])c1ccccc1.